The number of rotatable bonds is 3. The maximum atomic E-state index is 14.0. The van der Waals surface area contributed by atoms with Gasteiger partial charge in [0, 0.05) is 37.2 Å². The molecule has 2 nitrogen and oxygen atoms in total. The quantitative estimate of drug-likeness (QED) is 0.919. The van der Waals surface area contributed by atoms with Gasteiger partial charge in [0.05, 0.1) is 5.02 Å². The topological polar surface area (TPSA) is 29.3 Å². The Labute approximate surface area is 141 Å². The van der Waals surface area contributed by atoms with E-state index in [9.17, 15) is 4.39 Å². The van der Waals surface area contributed by atoms with E-state index in [2.05, 4.69) is 17.0 Å². The lowest BCUT2D eigenvalue weighted by Crippen LogP contribution is -2.28. The third kappa shape index (κ3) is 3.61. The fraction of sp³-hybridized carbons (Fsp3) is 0.294. The Morgan fingerprint density at radius 2 is 1.82 bits per heavy atom. The number of nitrogens with zero attached hydrogens (tertiary/aromatic N) is 1. The van der Waals surface area contributed by atoms with Crippen molar-refractivity contribution >= 4 is 24.0 Å². The minimum Gasteiger partial charge on any atom is -0.326 e. The van der Waals surface area contributed by atoms with E-state index in [-0.39, 0.29) is 29.3 Å². The van der Waals surface area contributed by atoms with Gasteiger partial charge in [0.1, 0.15) is 5.82 Å². The normalized spacial score (nSPS) is 21.6. The predicted octanol–water partition coefficient (Wildman–Crippen LogP) is 3.83. The van der Waals surface area contributed by atoms with Crippen molar-refractivity contribution < 1.29 is 4.39 Å². The average molecular weight is 341 g/mol. The largest absolute Gasteiger partial charge is 0.326 e. The highest BCUT2D eigenvalue weighted by molar-refractivity contribution is 6.30. The van der Waals surface area contributed by atoms with Gasteiger partial charge in [-0.2, -0.15) is 0 Å². The molecule has 0 aromatic heterocycles. The summed E-state index contributed by atoms with van der Waals surface area (Å²) in [4.78, 5) is 2.19. The molecule has 22 heavy (non-hydrogen) atoms. The molecule has 2 atom stereocenters. The van der Waals surface area contributed by atoms with Crippen LogP contribution in [0.5, 0.6) is 0 Å². The van der Waals surface area contributed by atoms with Crippen LogP contribution < -0.4 is 5.73 Å². The maximum absolute atomic E-state index is 14.0. The van der Waals surface area contributed by atoms with Gasteiger partial charge < -0.3 is 5.73 Å². The maximum Gasteiger partial charge on any atom is 0.146 e. The minimum atomic E-state index is -0.323. The number of likely N-dealkylation sites (tertiary alicyclic amines) is 1. The number of hydrogen-bond acceptors (Lipinski definition) is 2. The predicted molar refractivity (Wildman–Crippen MR) is 91.1 cm³/mol. The summed E-state index contributed by atoms with van der Waals surface area (Å²) in [5, 5.41) is 0.176. The van der Waals surface area contributed by atoms with Crippen LogP contribution in [0.1, 0.15) is 17.0 Å². The first-order valence-electron chi connectivity index (χ1n) is 7.11. The standard InChI is InChI=1S/C17H18ClFN2.ClH/c18-15-8-4-7-13(17(15)19)9-21-10-14(16(20)11-21)12-5-2-1-3-6-12;/h1-8,14,16H,9-11,20H2;1H/t14-,16+;/m0./s1. The smallest absolute Gasteiger partial charge is 0.146 e. The first kappa shape index (κ1) is 17.2. The average Bonchev–Trinajstić information content (AvgIpc) is 2.86. The molecule has 0 spiro atoms. The Morgan fingerprint density at radius 1 is 1.09 bits per heavy atom. The van der Waals surface area contributed by atoms with Crippen LogP contribution in [0.25, 0.3) is 0 Å². The van der Waals surface area contributed by atoms with Gasteiger partial charge in [0.15, 0.2) is 0 Å². The molecule has 1 aliphatic heterocycles. The fourth-order valence-corrected chi connectivity index (χ4v) is 3.20. The molecule has 0 amide bonds. The zero-order valence-corrected chi connectivity index (χ0v) is 13.7. The van der Waals surface area contributed by atoms with Gasteiger partial charge >= 0.3 is 0 Å². The summed E-state index contributed by atoms with van der Waals surface area (Å²) in [7, 11) is 0. The van der Waals surface area contributed by atoms with Crippen LogP contribution in [0.15, 0.2) is 48.5 Å². The van der Waals surface area contributed by atoms with Crippen LogP contribution in [0, 0.1) is 5.82 Å². The van der Waals surface area contributed by atoms with Crippen molar-refractivity contribution in [2.45, 2.75) is 18.5 Å². The van der Waals surface area contributed by atoms with E-state index in [4.69, 9.17) is 17.3 Å². The van der Waals surface area contributed by atoms with Crippen molar-refractivity contribution in [3.63, 3.8) is 0 Å². The first-order valence-corrected chi connectivity index (χ1v) is 7.48. The summed E-state index contributed by atoms with van der Waals surface area (Å²) < 4.78 is 14.0. The molecule has 3 rings (SSSR count). The lowest BCUT2D eigenvalue weighted by Gasteiger charge is -2.16. The lowest BCUT2D eigenvalue weighted by molar-refractivity contribution is 0.318. The van der Waals surface area contributed by atoms with E-state index in [0.717, 1.165) is 13.1 Å². The summed E-state index contributed by atoms with van der Waals surface area (Å²) in [6, 6.07) is 15.5. The molecule has 118 valence electrons. The highest BCUT2D eigenvalue weighted by Gasteiger charge is 2.31. The fourth-order valence-electron chi connectivity index (χ4n) is 3.01. The second-order valence-corrected chi connectivity index (χ2v) is 6.00. The van der Waals surface area contributed by atoms with Gasteiger partial charge in [0.25, 0.3) is 0 Å². The summed E-state index contributed by atoms with van der Waals surface area (Å²) >= 11 is 5.83. The molecule has 5 heteroatoms. The molecule has 0 unspecified atom stereocenters. The minimum absolute atomic E-state index is 0. The molecule has 1 fully saturated rings. The molecule has 1 heterocycles. The molecule has 2 aromatic rings. The third-order valence-electron chi connectivity index (χ3n) is 4.09. The summed E-state index contributed by atoms with van der Waals surface area (Å²) in [5.74, 6) is -0.0238. The molecular weight excluding hydrogens is 322 g/mol. The third-order valence-corrected chi connectivity index (χ3v) is 4.39. The lowest BCUT2D eigenvalue weighted by atomic mass is 9.95. The van der Waals surface area contributed by atoms with Crippen molar-refractivity contribution in [2.24, 2.45) is 5.73 Å². The van der Waals surface area contributed by atoms with Gasteiger partial charge in [-0.05, 0) is 11.6 Å². The van der Waals surface area contributed by atoms with Gasteiger partial charge in [-0.15, -0.1) is 12.4 Å². The zero-order chi connectivity index (χ0) is 14.8. The van der Waals surface area contributed by atoms with E-state index in [0.29, 0.717) is 18.0 Å². The molecule has 1 saturated heterocycles. The number of benzene rings is 2. The molecular formula is C17H19Cl2FN2. The number of hydrogen-bond donors (Lipinski definition) is 1. The van der Waals surface area contributed by atoms with Crippen LogP contribution in [0.3, 0.4) is 0 Å². The Kier molecular flexibility index (Phi) is 5.81. The SMILES string of the molecule is Cl.N[C@@H]1CN(Cc2cccc(Cl)c2F)C[C@H]1c1ccccc1. The Morgan fingerprint density at radius 3 is 2.55 bits per heavy atom. The molecule has 2 N–H and O–H groups in total. The zero-order valence-electron chi connectivity index (χ0n) is 12.1. The molecule has 1 aliphatic rings. The molecule has 0 aliphatic carbocycles. The number of nitrogens with two attached hydrogens (primary N) is 1. The van der Waals surface area contributed by atoms with Crippen LogP contribution >= 0.6 is 24.0 Å². The van der Waals surface area contributed by atoms with E-state index in [1.54, 1.807) is 18.2 Å². The second kappa shape index (κ2) is 7.42. The van der Waals surface area contributed by atoms with E-state index >= 15 is 0 Å². The first-order chi connectivity index (χ1) is 10.1. The second-order valence-electron chi connectivity index (χ2n) is 5.59. The number of halogens is 3. The van der Waals surface area contributed by atoms with Crippen molar-refractivity contribution in [1.82, 2.24) is 4.90 Å². The van der Waals surface area contributed by atoms with Crippen LogP contribution in [-0.2, 0) is 6.54 Å². The Hall–Kier alpha value is -1.13. The van der Waals surface area contributed by atoms with Gasteiger partial charge in [-0.3, -0.25) is 4.90 Å². The van der Waals surface area contributed by atoms with Crippen molar-refractivity contribution in [2.75, 3.05) is 13.1 Å². The molecule has 2 aromatic carbocycles. The molecule has 0 radical (unpaired) electrons. The van der Waals surface area contributed by atoms with Crippen LogP contribution in [-0.4, -0.2) is 24.0 Å². The van der Waals surface area contributed by atoms with Crippen molar-refractivity contribution in [1.29, 1.82) is 0 Å². The summed E-state index contributed by atoms with van der Waals surface area (Å²) in [6.07, 6.45) is 0. The summed E-state index contributed by atoms with van der Waals surface area (Å²) in [6.45, 7) is 2.16. The Balaban J connectivity index is 0.00000176. The van der Waals surface area contributed by atoms with Gasteiger partial charge in [-0.1, -0.05) is 54.1 Å². The van der Waals surface area contributed by atoms with Gasteiger partial charge in [0.2, 0.25) is 0 Å². The van der Waals surface area contributed by atoms with Crippen molar-refractivity contribution in [3.8, 4) is 0 Å². The molecule has 0 saturated carbocycles. The Bertz CT molecular complexity index is 621. The van der Waals surface area contributed by atoms with Crippen molar-refractivity contribution in [3.05, 3.63) is 70.5 Å². The van der Waals surface area contributed by atoms with E-state index in [1.165, 1.54) is 5.56 Å². The summed E-state index contributed by atoms with van der Waals surface area (Å²) in [5.41, 5.74) is 8.14. The molecule has 0 bridgehead atoms. The van der Waals surface area contributed by atoms with E-state index < -0.39 is 0 Å². The van der Waals surface area contributed by atoms with Gasteiger partial charge in [-0.25, -0.2) is 4.39 Å². The van der Waals surface area contributed by atoms with Crippen LogP contribution in [0.2, 0.25) is 5.02 Å². The monoisotopic (exact) mass is 340 g/mol. The van der Waals surface area contributed by atoms with Crippen LogP contribution in [0.4, 0.5) is 4.39 Å². The highest BCUT2D eigenvalue weighted by Crippen LogP contribution is 2.28. The van der Waals surface area contributed by atoms with E-state index in [1.807, 2.05) is 18.2 Å². The highest BCUT2D eigenvalue weighted by atomic mass is 35.5.